The highest BCUT2D eigenvalue weighted by molar-refractivity contribution is 6.30. The van der Waals surface area contributed by atoms with Gasteiger partial charge in [0.2, 0.25) is 17.6 Å². The molecule has 0 aliphatic heterocycles. The third-order valence-corrected chi connectivity index (χ3v) is 6.23. The molecule has 2 aromatic rings. The smallest absolute Gasteiger partial charge is 0.350 e. The Morgan fingerprint density at radius 3 is 2.10 bits per heavy atom. The molecule has 224 valence electrons. The fourth-order valence-corrected chi connectivity index (χ4v) is 4.01. The molecule has 0 bridgehead atoms. The monoisotopic (exact) mass is 603 g/mol. The fraction of sp³-hybridized carbons (Fsp3) is 0.429. The van der Waals surface area contributed by atoms with E-state index in [1.165, 1.54) is 19.2 Å². The van der Waals surface area contributed by atoms with Crippen molar-refractivity contribution in [2.45, 2.75) is 63.7 Å². The zero-order valence-corrected chi connectivity index (χ0v) is 23.1. The number of aryl methyl sites for hydroxylation is 1. The van der Waals surface area contributed by atoms with E-state index in [1.807, 2.05) is 0 Å². The van der Waals surface area contributed by atoms with Gasteiger partial charge < -0.3 is 16.0 Å². The Morgan fingerprint density at radius 1 is 0.878 bits per heavy atom. The number of halogens is 6. The number of benzene rings is 2. The number of carbonyl (C=O) groups is 4. The summed E-state index contributed by atoms with van der Waals surface area (Å²) < 4.78 is 66.3. The average Bonchev–Trinajstić information content (AvgIpc) is 2.89. The molecule has 0 spiro atoms. The second-order valence-corrected chi connectivity index (χ2v) is 10.2. The number of Topliss-reactive ketones (excluding diaryl/α,β-unsaturated/α-hetero) is 1. The van der Waals surface area contributed by atoms with Gasteiger partial charge in [-0.05, 0) is 35.6 Å². The quantitative estimate of drug-likeness (QED) is 0.220. The second kappa shape index (κ2) is 14.9. The van der Waals surface area contributed by atoms with Crippen LogP contribution in [0.5, 0.6) is 0 Å². The van der Waals surface area contributed by atoms with Gasteiger partial charge in [-0.2, -0.15) is 22.0 Å². The highest BCUT2D eigenvalue weighted by Crippen LogP contribution is 2.22. The van der Waals surface area contributed by atoms with E-state index in [9.17, 15) is 41.1 Å². The molecule has 0 saturated heterocycles. The lowest BCUT2D eigenvalue weighted by Crippen LogP contribution is -2.59. The van der Waals surface area contributed by atoms with Crippen molar-refractivity contribution in [3.8, 4) is 0 Å². The van der Waals surface area contributed by atoms with Gasteiger partial charge in [-0.15, -0.1) is 0 Å². The molecule has 0 aliphatic carbocycles. The summed E-state index contributed by atoms with van der Waals surface area (Å²) in [6, 6.07) is 12.2. The topological polar surface area (TPSA) is 104 Å². The number of ketones is 1. The molecule has 3 N–H and O–H groups in total. The summed E-state index contributed by atoms with van der Waals surface area (Å²) in [6.07, 6.45) is -6.03. The number of nitrogens with one attached hydrogen (secondary N) is 3. The number of hydrogen-bond acceptors (Lipinski definition) is 4. The highest BCUT2D eigenvalue weighted by Gasteiger charge is 2.51. The van der Waals surface area contributed by atoms with Crippen LogP contribution in [-0.2, 0) is 32.0 Å². The van der Waals surface area contributed by atoms with E-state index in [4.69, 9.17) is 11.6 Å². The predicted octanol–water partition coefficient (Wildman–Crippen LogP) is 4.41. The minimum atomic E-state index is -4.72. The minimum absolute atomic E-state index is 0.0262. The van der Waals surface area contributed by atoms with Crippen LogP contribution in [0.25, 0.3) is 0 Å². The number of amides is 3. The molecule has 0 saturated carbocycles. The Kier molecular flexibility index (Phi) is 12.2. The van der Waals surface area contributed by atoms with Gasteiger partial charge in [0.15, 0.2) is 0 Å². The van der Waals surface area contributed by atoms with Crippen LogP contribution in [0.3, 0.4) is 0 Å². The summed E-state index contributed by atoms with van der Waals surface area (Å²) in [5.41, 5.74) is 1.41. The van der Waals surface area contributed by atoms with Crippen LogP contribution in [0, 0.1) is 5.92 Å². The molecule has 2 atom stereocenters. The first-order valence-electron chi connectivity index (χ1n) is 12.8. The first kappa shape index (κ1) is 33.7. The van der Waals surface area contributed by atoms with Gasteiger partial charge in [-0.25, -0.2) is 0 Å². The van der Waals surface area contributed by atoms with Crippen molar-refractivity contribution >= 4 is 35.1 Å². The Hall–Kier alpha value is -3.54. The van der Waals surface area contributed by atoms with Crippen molar-refractivity contribution in [1.82, 2.24) is 16.0 Å². The van der Waals surface area contributed by atoms with Gasteiger partial charge in [-0.3, -0.25) is 19.2 Å². The van der Waals surface area contributed by atoms with Crippen LogP contribution >= 0.6 is 11.6 Å². The van der Waals surface area contributed by atoms with E-state index in [0.717, 1.165) is 5.56 Å². The molecule has 0 aliphatic rings. The van der Waals surface area contributed by atoms with Crippen molar-refractivity contribution < 1.29 is 41.1 Å². The van der Waals surface area contributed by atoms with Crippen LogP contribution in [-0.4, -0.2) is 54.2 Å². The van der Waals surface area contributed by atoms with Gasteiger partial charge in [0.1, 0.15) is 6.04 Å². The number of hydrogen-bond donors (Lipinski definition) is 3. The maximum absolute atomic E-state index is 14.7. The highest BCUT2D eigenvalue weighted by atomic mass is 35.5. The zero-order chi connectivity index (χ0) is 30.8. The normalized spacial score (nSPS) is 13.3. The SMILES string of the molecule is CC(C)[C@H](NC(=O)[C@H](Cc1ccccc1)NC(=O)CCc1cccc(Cl)c1)C(=O)C(F)(F)C(=O)NCCC(F)(F)F. The molecule has 3 amide bonds. The fourth-order valence-electron chi connectivity index (χ4n) is 3.80. The van der Waals surface area contributed by atoms with Crippen LogP contribution < -0.4 is 16.0 Å². The molecule has 0 aromatic heterocycles. The molecular weight excluding hydrogens is 573 g/mol. The molecule has 0 fully saturated rings. The molecule has 2 aromatic carbocycles. The van der Waals surface area contributed by atoms with E-state index in [0.29, 0.717) is 17.0 Å². The summed E-state index contributed by atoms with van der Waals surface area (Å²) in [6.45, 7) is 1.54. The average molecular weight is 604 g/mol. The Balaban J connectivity index is 2.16. The van der Waals surface area contributed by atoms with Crippen molar-refractivity contribution in [2.75, 3.05) is 6.54 Å². The van der Waals surface area contributed by atoms with Crippen molar-refractivity contribution in [3.05, 3.63) is 70.7 Å². The molecule has 0 radical (unpaired) electrons. The summed E-state index contributed by atoms with van der Waals surface area (Å²) in [7, 11) is 0. The lowest BCUT2D eigenvalue weighted by atomic mass is 9.94. The van der Waals surface area contributed by atoms with Gasteiger partial charge in [-0.1, -0.05) is 67.9 Å². The van der Waals surface area contributed by atoms with Gasteiger partial charge >= 0.3 is 12.1 Å². The van der Waals surface area contributed by atoms with E-state index in [2.05, 4.69) is 10.6 Å². The molecule has 0 unspecified atom stereocenters. The van der Waals surface area contributed by atoms with E-state index in [-0.39, 0.29) is 12.8 Å². The summed E-state index contributed by atoms with van der Waals surface area (Å²) in [5.74, 6) is -11.3. The predicted molar refractivity (Wildman–Crippen MR) is 142 cm³/mol. The number of carbonyl (C=O) groups excluding carboxylic acids is 4. The number of alkyl halides is 5. The molecule has 13 heteroatoms. The van der Waals surface area contributed by atoms with Gasteiger partial charge in [0.25, 0.3) is 5.91 Å². The van der Waals surface area contributed by atoms with Gasteiger partial charge in [0.05, 0.1) is 12.5 Å². The maximum atomic E-state index is 14.7. The van der Waals surface area contributed by atoms with Crippen molar-refractivity contribution in [2.24, 2.45) is 5.92 Å². The van der Waals surface area contributed by atoms with E-state index < -0.39 is 66.6 Å². The Morgan fingerprint density at radius 2 is 1.51 bits per heavy atom. The third kappa shape index (κ3) is 11.1. The van der Waals surface area contributed by atoms with Crippen LogP contribution in [0.1, 0.15) is 37.8 Å². The summed E-state index contributed by atoms with van der Waals surface area (Å²) in [5, 5.41) is 6.67. The first-order valence-corrected chi connectivity index (χ1v) is 13.1. The van der Waals surface area contributed by atoms with Crippen LogP contribution in [0.4, 0.5) is 22.0 Å². The second-order valence-electron chi connectivity index (χ2n) is 9.73. The zero-order valence-electron chi connectivity index (χ0n) is 22.4. The van der Waals surface area contributed by atoms with E-state index >= 15 is 0 Å². The Bertz CT molecular complexity index is 1210. The van der Waals surface area contributed by atoms with Gasteiger partial charge in [0, 0.05) is 24.4 Å². The van der Waals surface area contributed by atoms with Crippen molar-refractivity contribution in [3.63, 3.8) is 0 Å². The van der Waals surface area contributed by atoms with Crippen LogP contribution in [0.15, 0.2) is 54.6 Å². The molecular formula is C28H31ClF5N3O4. The third-order valence-electron chi connectivity index (χ3n) is 6.00. The molecule has 7 nitrogen and oxygen atoms in total. The summed E-state index contributed by atoms with van der Waals surface area (Å²) in [4.78, 5) is 50.6. The maximum Gasteiger partial charge on any atom is 0.390 e. The largest absolute Gasteiger partial charge is 0.390 e. The van der Waals surface area contributed by atoms with Crippen molar-refractivity contribution in [1.29, 1.82) is 0 Å². The first-order chi connectivity index (χ1) is 19.1. The molecule has 41 heavy (non-hydrogen) atoms. The molecule has 0 heterocycles. The minimum Gasteiger partial charge on any atom is -0.350 e. The van der Waals surface area contributed by atoms with Crippen LogP contribution in [0.2, 0.25) is 5.02 Å². The standard InChI is InChI=1S/C28H31ClF5N3O4/c1-17(2)23(24(39)28(33,34)26(41)35-14-13-27(30,31)32)37-25(40)21(16-18-7-4-3-5-8-18)36-22(38)12-11-19-9-6-10-20(29)15-19/h3-10,15,17,21,23H,11-14,16H2,1-2H3,(H,35,41)(H,36,38)(H,37,40)/t21-,23-/m0/s1. The summed E-state index contributed by atoms with van der Waals surface area (Å²) >= 11 is 5.97. The lowest BCUT2D eigenvalue weighted by molar-refractivity contribution is -0.162. The number of rotatable bonds is 14. The Labute approximate surface area is 239 Å². The lowest BCUT2D eigenvalue weighted by Gasteiger charge is -2.27. The molecule has 2 rings (SSSR count). The van der Waals surface area contributed by atoms with E-state index in [1.54, 1.807) is 54.6 Å².